The lowest BCUT2D eigenvalue weighted by molar-refractivity contribution is -0.116. The summed E-state index contributed by atoms with van der Waals surface area (Å²) in [4.78, 5) is 0. The summed E-state index contributed by atoms with van der Waals surface area (Å²) in [6.07, 6.45) is -2.34. The van der Waals surface area contributed by atoms with Crippen molar-refractivity contribution in [1.82, 2.24) is 5.32 Å². The van der Waals surface area contributed by atoms with E-state index in [1.165, 1.54) is 0 Å². The van der Waals surface area contributed by atoms with Gasteiger partial charge in [0.1, 0.15) is 5.60 Å². The van der Waals surface area contributed by atoms with Crippen molar-refractivity contribution in [2.45, 2.75) is 23.9 Å². The van der Waals surface area contributed by atoms with Gasteiger partial charge in [0.15, 0.2) is 0 Å². The van der Waals surface area contributed by atoms with Crippen LogP contribution < -0.4 is 5.32 Å². The molecule has 1 fully saturated rings. The highest BCUT2D eigenvalue weighted by atomic mass is 16.4. The summed E-state index contributed by atoms with van der Waals surface area (Å²) < 4.78 is 0. The summed E-state index contributed by atoms with van der Waals surface area (Å²) >= 11 is 0. The third kappa shape index (κ3) is 1.69. The van der Waals surface area contributed by atoms with Gasteiger partial charge < -0.3 is 30.8 Å². The Bertz CT molecular complexity index is 178. The van der Waals surface area contributed by atoms with Gasteiger partial charge in [0.25, 0.3) is 0 Å². The lowest BCUT2D eigenvalue weighted by Crippen LogP contribution is -2.57. The first kappa shape index (κ1) is 10.8. The molecule has 1 heterocycles. The number of rotatable bonds is 3. The zero-order chi connectivity index (χ0) is 10.1. The molecule has 0 amide bonds. The number of hydrogen-bond acceptors (Lipinski definition) is 6. The molecule has 4 atom stereocenters. The first-order chi connectivity index (χ1) is 6.06. The van der Waals surface area contributed by atoms with Crippen molar-refractivity contribution in [2.24, 2.45) is 0 Å². The summed E-state index contributed by atoms with van der Waals surface area (Å²) in [6, 6.07) is -0.905. The van der Waals surface area contributed by atoms with E-state index in [4.69, 9.17) is 10.2 Å². The number of β-amino-alcohol motifs (C(OH)–C–C–N with tert-alkyl or cyclic N) is 1. The smallest absolute Gasteiger partial charge is 0.132 e. The van der Waals surface area contributed by atoms with E-state index in [9.17, 15) is 15.3 Å². The van der Waals surface area contributed by atoms with Crippen molar-refractivity contribution in [1.29, 1.82) is 0 Å². The molecule has 1 aliphatic heterocycles. The van der Waals surface area contributed by atoms with Gasteiger partial charge in [0, 0.05) is 6.54 Å². The summed E-state index contributed by atoms with van der Waals surface area (Å²) in [5, 5.41) is 48.4. The molecule has 13 heavy (non-hydrogen) atoms. The van der Waals surface area contributed by atoms with Crippen molar-refractivity contribution in [3.63, 3.8) is 0 Å². The first-order valence-corrected chi connectivity index (χ1v) is 4.10. The van der Waals surface area contributed by atoms with Gasteiger partial charge in [0.2, 0.25) is 0 Å². The molecule has 0 aromatic rings. The van der Waals surface area contributed by atoms with E-state index in [2.05, 4.69) is 5.32 Å². The predicted octanol–water partition coefficient (Wildman–Crippen LogP) is -3.60. The van der Waals surface area contributed by atoms with E-state index in [0.29, 0.717) is 0 Å². The molecule has 0 spiro atoms. The maximum Gasteiger partial charge on any atom is 0.132 e. The Morgan fingerprint density at radius 2 is 2.08 bits per heavy atom. The van der Waals surface area contributed by atoms with Gasteiger partial charge in [-0.05, 0) is 0 Å². The van der Waals surface area contributed by atoms with Crippen LogP contribution in [0.3, 0.4) is 0 Å². The van der Waals surface area contributed by atoms with Crippen LogP contribution in [0.5, 0.6) is 0 Å². The zero-order valence-electron chi connectivity index (χ0n) is 7.09. The second kappa shape index (κ2) is 3.87. The Labute approximate surface area is 75.4 Å². The van der Waals surface area contributed by atoms with Crippen molar-refractivity contribution < 1.29 is 25.5 Å². The third-order valence-corrected chi connectivity index (χ3v) is 2.47. The van der Waals surface area contributed by atoms with E-state index in [1.54, 1.807) is 0 Å². The van der Waals surface area contributed by atoms with Gasteiger partial charge in [-0.2, -0.15) is 0 Å². The summed E-state index contributed by atoms with van der Waals surface area (Å²) in [5.74, 6) is 0. The van der Waals surface area contributed by atoms with Crippen LogP contribution in [0.25, 0.3) is 0 Å². The molecule has 0 aromatic heterocycles. The standard InChI is InChI=1S/C7H15NO5/c9-2-4(11)6-7(13,3-10)5(12)1-8-6/h4-6,8-13H,1-3H2/t4-,5+,6-,7+/m1/s1. The fourth-order valence-corrected chi connectivity index (χ4v) is 1.58. The average molecular weight is 193 g/mol. The molecule has 6 nitrogen and oxygen atoms in total. The van der Waals surface area contributed by atoms with E-state index >= 15 is 0 Å². The highest BCUT2D eigenvalue weighted by Gasteiger charge is 2.50. The van der Waals surface area contributed by atoms with Crippen LogP contribution in [0.2, 0.25) is 0 Å². The third-order valence-electron chi connectivity index (χ3n) is 2.47. The normalized spacial score (nSPS) is 42.2. The summed E-state index contributed by atoms with van der Waals surface area (Å²) in [5.41, 5.74) is -1.78. The summed E-state index contributed by atoms with van der Waals surface area (Å²) in [7, 11) is 0. The largest absolute Gasteiger partial charge is 0.394 e. The van der Waals surface area contributed by atoms with Gasteiger partial charge >= 0.3 is 0 Å². The average Bonchev–Trinajstić information content (AvgIpc) is 2.43. The lowest BCUT2D eigenvalue weighted by Gasteiger charge is -2.32. The highest BCUT2D eigenvalue weighted by Crippen LogP contribution is 2.23. The molecule has 0 unspecified atom stereocenters. The number of aliphatic hydroxyl groups is 5. The number of aliphatic hydroxyl groups excluding tert-OH is 4. The topological polar surface area (TPSA) is 113 Å². The molecule has 78 valence electrons. The van der Waals surface area contributed by atoms with Crippen LogP contribution in [-0.4, -0.2) is 69.1 Å². The lowest BCUT2D eigenvalue weighted by atomic mass is 9.90. The van der Waals surface area contributed by atoms with E-state index in [1.807, 2.05) is 0 Å². The van der Waals surface area contributed by atoms with Gasteiger partial charge in [-0.25, -0.2) is 0 Å². The molecule has 0 bridgehead atoms. The molecule has 6 heteroatoms. The molecule has 0 saturated carbocycles. The summed E-state index contributed by atoms with van der Waals surface area (Å²) in [6.45, 7) is -1.12. The van der Waals surface area contributed by atoms with Gasteiger partial charge in [0.05, 0.1) is 31.5 Å². The Balaban J connectivity index is 2.75. The second-order valence-electron chi connectivity index (χ2n) is 3.30. The molecular weight excluding hydrogens is 178 g/mol. The van der Waals surface area contributed by atoms with Crippen molar-refractivity contribution in [3.05, 3.63) is 0 Å². The maximum absolute atomic E-state index is 9.70. The monoisotopic (exact) mass is 193 g/mol. The molecule has 0 aliphatic carbocycles. The fraction of sp³-hybridized carbons (Fsp3) is 1.00. The predicted molar refractivity (Wildman–Crippen MR) is 42.9 cm³/mol. The highest BCUT2D eigenvalue weighted by molar-refractivity contribution is 5.06. The molecule has 0 radical (unpaired) electrons. The molecule has 1 aliphatic rings. The van der Waals surface area contributed by atoms with Gasteiger partial charge in [-0.1, -0.05) is 0 Å². The molecular formula is C7H15NO5. The Morgan fingerprint density at radius 3 is 2.54 bits per heavy atom. The van der Waals surface area contributed by atoms with Crippen LogP contribution in [0.15, 0.2) is 0 Å². The number of nitrogens with one attached hydrogen (secondary N) is 1. The van der Waals surface area contributed by atoms with Gasteiger partial charge in [-0.3, -0.25) is 0 Å². The van der Waals surface area contributed by atoms with Crippen molar-refractivity contribution in [3.8, 4) is 0 Å². The van der Waals surface area contributed by atoms with Crippen LogP contribution in [0.1, 0.15) is 0 Å². The zero-order valence-corrected chi connectivity index (χ0v) is 7.09. The van der Waals surface area contributed by atoms with Crippen LogP contribution >= 0.6 is 0 Å². The minimum atomic E-state index is -1.78. The van der Waals surface area contributed by atoms with E-state index < -0.39 is 37.1 Å². The first-order valence-electron chi connectivity index (χ1n) is 4.10. The molecule has 6 N–H and O–H groups in total. The van der Waals surface area contributed by atoms with Gasteiger partial charge in [-0.15, -0.1) is 0 Å². The fourth-order valence-electron chi connectivity index (χ4n) is 1.58. The minimum absolute atomic E-state index is 0.0821. The SMILES string of the molecule is OC[C@@H](O)[C@H]1NC[C@H](O)[C@@]1(O)CO. The quantitative estimate of drug-likeness (QED) is 0.276. The second-order valence-corrected chi connectivity index (χ2v) is 3.30. The van der Waals surface area contributed by atoms with Crippen molar-refractivity contribution >= 4 is 0 Å². The molecule has 0 aromatic carbocycles. The minimum Gasteiger partial charge on any atom is -0.394 e. The van der Waals surface area contributed by atoms with Crippen LogP contribution in [0.4, 0.5) is 0 Å². The number of hydrogen-bond donors (Lipinski definition) is 6. The van der Waals surface area contributed by atoms with Crippen molar-refractivity contribution in [2.75, 3.05) is 19.8 Å². The Morgan fingerprint density at radius 1 is 1.46 bits per heavy atom. The van der Waals surface area contributed by atoms with E-state index in [-0.39, 0.29) is 6.54 Å². The Kier molecular flexibility index (Phi) is 3.23. The van der Waals surface area contributed by atoms with Crippen LogP contribution in [-0.2, 0) is 0 Å². The molecule has 1 rings (SSSR count). The Hall–Kier alpha value is -0.240. The maximum atomic E-state index is 9.70. The van der Waals surface area contributed by atoms with Crippen LogP contribution in [0, 0.1) is 0 Å². The van der Waals surface area contributed by atoms with E-state index in [0.717, 1.165) is 0 Å². The molecule has 1 saturated heterocycles.